The maximum atomic E-state index is 12.7. The molecule has 0 radical (unpaired) electrons. The Labute approximate surface area is 125 Å². The van der Waals surface area contributed by atoms with Crippen molar-refractivity contribution in [3.05, 3.63) is 18.3 Å². The highest BCUT2D eigenvalue weighted by molar-refractivity contribution is 7.89. The lowest BCUT2D eigenvalue weighted by Crippen LogP contribution is -2.41. The van der Waals surface area contributed by atoms with E-state index in [1.54, 1.807) is 25.4 Å². The summed E-state index contributed by atoms with van der Waals surface area (Å²) in [4.78, 5) is 4.24. The van der Waals surface area contributed by atoms with Gasteiger partial charge in [0.1, 0.15) is 10.7 Å². The lowest BCUT2D eigenvalue weighted by molar-refractivity contribution is 0.00319. The normalized spacial score (nSPS) is 17.8. The molecule has 0 unspecified atom stereocenters. The molecule has 1 aliphatic heterocycles. The lowest BCUT2D eigenvalue weighted by Gasteiger charge is -2.31. The first-order chi connectivity index (χ1) is 10.1. The van der Waals surface area contributed by atoms with Gasteiger partial charge >= 0.3 is 0 Å². The van der Waals surface area contributed by atoms with Gasteiger partial charge in [-0.1, -0.05) is 0 Å². The van der Waals surface area contributed by atoms with E-state index in [1.165, 1.54) is 4.31 Å². The molecular formula is C13H21N3O4S. The van der Waals surface area contributed by atoms with Gasteiger partial charge in [-0.15, -0.1) is 0 Å². The molecule has 8 heteroatoms. The van der Waals surface area contributed by atoms with Gasteiger partial charge in [0.05, 0.1) is 19.3 Å². The molecule has 7 nitrogen and oxygen atoms in total. The molecule has 118 valence electrons. The Morgan fingerprint density at radius 1 is 1.48 bits per heavy atom. The number of aliphatic hydroxyl groups is 1. The van der Waals surface area contributed by atoms with Crippen molar-refractivity contribution in [2.45, 2.75) is 23.8 Å². The molecule has 21 heavy (non-hydrogen) atoms. The maximum absolute atomic E-state index is 12.7. The molecule has 0 saturated carbocycles. The monoisotopic (exact) mass is 315 g/mol. The van der Waals surface area contributed by atoms with Crippen molar-refractivity contribution >= 4 is 15.8 Å². The quantitative estimate of drug-likeness (QED) is 0.784. The predicted octanol–water partition coefficient (Wildman–Crippen LogP) is 0.285. The van der Waals surface area contributed by atoms with Crippen LogP contribution in [0.15, 0.2) is 23.2 Å². The van der Waals surface area contributed by atoms with E-state index in [9.17, 15) is 8.42 Å². The smallest absolute Gasteiger partial charge is 0.246 e. The van der Waals surface area contributed by atoms with Crippen LogP contribution in [0.1, 0.15) is 12.8 Å². The molecule has 0 atom stereocenters. The molecule has 2 N–H and O–H groups in total. The number of nitrogens with one attached hydrogen (secondary N) is 1. The van der Waals surface area contributed by atoms with Gasteiger partial charge < -0.3 is 15.2 Å². The van der Waals surface area contributed by atoms with Crippen LogP contribution in [0, 0.1) is 0 Å². The number of sulfonamides is 1. The summed E-state index contributed by atoms with van der Waals surface area (Å²) in [7, 11) is -1.90. The van der Waals surface area contributed by atoms with Crippen LogP contribution < -0.4 is 5.32 Å². The molecule has 1 fully saturated rings. The zero-order valence-electron chi connectivity index (χ0n) is 12.0. The van der Waals surface area contributed by atoms with E-state index in [1.807, 2.05) is 0 Å². The number of anilines is 1. The number of aliphatic hydroxyl groups excluding tert-OH is 1. The zero-order valence-corrected chi connectivity index (χ0v) is 12.8. The van der Waals surface area contributed by atoms with Crippen molar-refractivity contribution in [2.24, 2.45) is 0 Å². The van der Waals surface area contributed by atoms with Crippen LogP contribution >= 0.6 is 0 Å². The van der Waals surface area contributed by atoms with Crippen molar-refractivity contribution in [1.82, 2.24) is 9.29 Å². The van der Waals surface area contributed by atoms with Crippen LogP contribution in [0.25, 0.3) is 0 Å². The third kappa shape index (κ3) is 3.70. The van der Waals surface area contributed by atoms with Crippen molar-refractivity contribution in [3.63, 3.8) is 0 Å². The number of hydrogen-bond acceptors (Lipinski definition) is 6. The molecule has 0 bridgehead atoms. The third-order valence-corrected chi connectivity index (χ3v) is 5.40. The zero-order chi connectivity index (χ0) is 15.3. The van der Waals surface area contributed by atoms with E-state index in [2.05, 4.69) is 10.3 Å². The number of piperidine rings is 1. The van der Waals surface area contributed by atoms with Crippen LogP contribution in [-0.4, -0.2) is 62.3 Å². The average Bonchev–Trinajstić information content (AvgIpc) is 2.53. The van der Waals surface area contributed by atoms with Crippen LogP contribution in [0.2, 0.25) is 0 Å². The molecule has 0 aliphatic carbocycles. The number of ether oxygens (including phenoxy) is 1. The Morgan fingerprint density at radius 3 is 2.81 bits per heavy atom. The average molecular weight is 315 g/mol. The number of pyridine rings is 1. The van der Waals surface area contributed by atoms with Gasteiger partial charge in [0.2, 0.25) is 10.0 Å². The summed E-state index contributed by atoms with van der Waals surface area (Å²) in [6, 6.07) is 3.17. The molecule has 1 aliphatic rings. The van der Waals surface area contributed by atoms with Crippen LogP contribution in [0.3, 0.4) is 0 Å². The van der Waals surface area contributed by atoms with Crippen LogP contribution in [-0.2, 0) is 14.8 Å². The molecule has 0 spiro atoms. The van der Waals surface area contributed by atoms with Crippen molar-refractivity contribution in [2.75, 3.05) is 38.7 Å². The minimum absolute atomic E-state index is 0.0142. The fourth-order valence-corrected chi connectivity index (χ4v) is 4.00. The maximum Gasteiger partial charge on any atom is 0.246 e. The lowest BCUT2D eigenvalue weighted by atomic mass is 10.1. The van der Waals surface area contributed by atoms with E-state index in [-0.39, 0.29) is 17.6 Å². The van der Waals surface area contributed by atoms with Gasteiger partial charge in [-0.05, 0) is 25.0 Å². The predicted molar refractivity (Wildman–Crippen MR) is 78.6 cm³/mol. The minimum atomic E-state index is -3.55. The highest BCUT2D eigenvalue weighted by Gasteiger charge is 2.31. The van der Waals surface area contributed by atoms with E-state index in [4.69, 9.17) is 9.84 Å². The summed E-state index contributed by atoms with van der Waals surface area (Å²) in [5.41, 5.74) is 0. The molecule has 1 aromatic heterocycles. The van der Waals surface area contributed by atoms with Gasteiger partial charge in [-0.2, -0.15) is 4.31 Å². The summed E-state index contributed by atoms with van der Waals surface area (Å²) >= 11 is 0. The second kappa shape index (κ2) is 7.17. The SMILES string of the molecule is CNc1ncccc1S(=O)(=O)N1CCC(OCCO)CC1. The summed E-state index contributed by atoms with van der Waals surface area (Å²) < 4.78 is 32.2. The largest absolute Gasteiger partial charge is 0.394 e. The Morgan fingerprint density at radius 2 is 2.19 bits per heavy atom. The molecule has 2 rings (SSSR count). The number of nitrogens with zero attached hydrogens (tertiary/aromatic N) is 2. The topological polar surface area (TPSA) is 91.8 Å². The second-order valence-corrected chi connectivity index (χ2v) is 6.70. The van der Waals surface area contributed by atoms with Gasteiger partial charge in [0.15, 0.2) is 0 Å². The first-order valence-corrected chi connectivity index (χ1v) is 8.39. The Bertz CT molecular complexity index is 556. The van der Waals surface area contributed by atoms with Gasteiger partial charge in [0.25, 0.3) is 0 Å². The van der Waals surface area contributed by atoms with E-state index in [0.29, 0.717) is 38.4 Å². The highest BCUT2D eigenvalue weighted by Crippen LogP contribution is 2.25. The molecule has 2 heterocycles. The fraction of sp³-hybridized carbons (Fsp3) is 0.615. The number of aromatic nitrogens is 1. The molecule has 0 amide bonds. The first-order valence-electron chi connectivity index (χ1n) is 6.95. The molecule has 0 aromatic carbocycles. The van der Waals surface area contributed by atoms with E-state index in [0.717, 1.165) is 0 Å². The van der Waals surface area contributed by atoms with Gasteiger partial charge in [-0.3, -0.25) is 0 Å². The van der Waals surface area contributed by atoms with Crippen LogP contribution in [0.5, 0.6) is 0 Å². The highest BCUT2D eigenvalue weighted by atomic mass is 32.2. The summed E-state index contributed by atoms with van der Waals surface area (Å²) in [6.07, 6.45) is 2.84. The first kappa shape index (κ1) is 16.2. The summed E-state index contributed by atoms with van der Waals surface area (Å²) in [6.45, 7) is 1.11. The van der Waals surface area contributed by atoms with E-state index >= 15 is 0 Å². The molecule has 1 aromatic rings. The summed E-state index contributed by atoms with van der Waals surface area (Å²) in [5, 5.41) is 11.5. The molecule has 1 saturated heterocycles. The van der Waals surface area contributed by atoms with Crippen molar-refractivity contribution in [3.8, 4) is 0 Å². The number of rotatable bonds is 6. The minimum Gasteiger partial charge on any atom is -0.394 e. The van der Waals surface area contributed by atoms with Crippen molar-refractivity contribution in [1.29, 1.82) is 0 Å². The Balaban J connectivity index is 2.08. The van der Waals surface area contributed by atoms with Gasteiger partial charge in [-0.25, -0.2) is 13.4 Å². The van der Waals surface area contributed by atoms with Crippen molar-refractivity contribution < 1.29 is 18.3 Å². The molecular weight excluding hydrogens is 294 g/mol. The summed E-state index contributed by atoms with van der Waals surface area (Å²) in [5.74, 6) is 0.358. The standard InChI is InChI=1S/C13H21N3O4S/c1-14-13-12(3-2-6-15-13)21(18,19)16-7-4-11(5-8-16)20-10-9-17/h2-3,6,11,17H,4-5,7-10H2,1H3,(H,14,15). The number of hydrogen-bond donors (Lipinski definition) is 2. The Hall–Kier alpha value is -1.22. The Kier molecular flexibility index (Phi) is 5.51. The van der Waals surface area contributed by atoms with E-state index < -0.39 is 10.0 Å². The second-order valence-electron chi connectivity index (χ2n) is 4.80. The van der Waals surface area contributed by atoms with Gasteiger partial charge in [0, 0.05) is 26.3 Å². The fourth-order valence-electron chi connectivity index (χ4n) is 2.38. The third-order valence-electron chi connectivity index (χ3n) is 3.47. The van der Waals surface area contributed by atoms with Crippen LogP contribution in [0.4, 0.5) is 5.82 Å².